The third kappa shape index (κ3) is 5.37. The molecule has 0 aromatic rings. The lowest BCUT2D eigenvalue weighted by Crippen LogP contribution is -2.36. The smallest absolute Gasteiger partial charge is 0.0672 e. The van der Waals surface area contributed by atoms with E-state index < -0.39 is 0 Å². The molecule has 1 N–H and O–H groups in total. The molecule has 0 aliphatic carbocycles. The van der Waals surface area contributed by atoms with Crippen LogP contribution in [-0.4, -0.2) is 39.0 Å². The zero-order valence-corrected chi connectivity index (χ0v) is 9.05. The van der Waals surface area contributed by atoms with Crippen LogP contribution in [0.1, 0.15) is 19.8 Å². The summed E-state index contributed by atoms with van der Waals surface area (Å²) in [5, 5.41) is 3.46. The van der Waals surface area contributed by atoms with Gasteiger partial charge in [0.2, 0.25) is 0 Å². The van der Waals surface area contributed by atoms with Gasteiger partial charge in [-0.2, -0.15) is 0 Å². The summed E-state index contributed by atoms with van der Waals surface area (Å²) in [6.45, 7) is 9.92. The standard InChI is InChI=1S/C11H21NO2/c1-10(2)9-14-8-5-12-11-3-6-13-7-4-11/h11-12H,1,3-9H2,2H3. The first-order valence-electron chi connectivity index (χ1n) is 5.32. The Kier molecular flexibility index (Phi) is 5.83. The SMILES string of the molecule is C=C(C)COCCNC1CCOCC1. The van der Waals surface area contributed by atoms with Gasteiger partial charge in [-0.15, -0.1) is 0 Å². The second-order valence-corrected chi connectivity index (χ2v) is 3.85. The van der Waals surface area contributed by atoms with E-state index in [1.807, 2.05) is 6.92 Å². The van der Waals surface area contributed by atoms with E-state index in [1.54, 1.807) is 0 Å². The first kappa shape index (κ1) is 11.7. The van der Waals surface area contributed by atoms with Crippen molar-refractivity contribution in [2.75, 3.05) is 33.0 Å². The third-order valence-electron chi connectivity index (χ3n) is 2.25. The molecule has 1 fully saturated rings. The number of hydrogen-bond donors (Lipinski definition) is 1. The lowest BCUT2D eigenvalue weighted by atomic mass is 10.1. The average Bonchev–Trinajstić information content (AvgIpc) is 2.18. The molecule has 1 rings (SSSR count). The van der Waals surface area contributed by atoms with Gasteiger partial charge in [-0.1, -0.05) is 12.2 Å². The van der Waals surface area contributed by atoms with Crippen LogP contribution in [0.4, 0.5) is 0 Å². The van der Waals surface area contributed by atoms with Crippen molar-refractivity contribution in [3.63, 3.8) is 0 Å². The molecule has 14 heavy (non-hydrogen) atoms. The van der Waals surface area contributed by atoms with Gasteiger partial charge in [0, 0.05) is 25.8 Å². The fourth-order valence-electron chi connectivity index (χ4n) is 1.48. The van der Waals surface area contributed by atoms with Crippen LogP contribution in [0, 0.1) is 0 Å². The molecule has 0 aromatic heterocycles. The molecular formula is C11H21NO2. The van der Waals surface area contributed by atoms with Gasteiger partial charge in [0.15, 0.2) is 0 Å². The minimum absolute atomic E-state index is 0.622. The first-order chi connectivity index (χ1) is 6.79. The number of ether oxygens (including phenoxy) is 2. The fourth-order valence-corrected chi connectivity index (χ4v) is 1.48. The Labute approximate surface area is 86.5 Å². The molecule has 1 aliphatic heterocycles. The monoisotopic (exact) mass is 199 g/mol. The molecule has 0 aromatic carbocycles. The van der Waals surface area contributed by atoms with E-state index in [0.29, 0.717) is 12.6 Å². The number of rotatable bonds is 6. The van der Waals surface area contributed by atoms with E-state index in [4.69, 9.17) is 9.47 Å². The number of hydrogen-bond acceptors (Lipinski definition) is 3. The normalized spacial score (nSPS) is 18.4. The van der Waals surface area contributed by atoms with Gasteiger partial charge in [-0.25, -0.2) is 0 Å². The van der Waals surface area contributed by atoms with Crippen LogP contribution in [0.3, 0.4) is 0 Å². The van der Waals surface area contributed by atoms with Crippen molar-refractivity contribution >= 4 is 0 Å². The molecule has 0 radical (unpaired) electrons. The van der Waals surface area contributed by atoms with Gasteiger partial charge in [0.05, 0.1) is 13.2 Å². The topological polar surface area (TPSA) is 30.5 Å². The molecule has 3 nitrogen and oxygen atoms in total. The summed E-state index contributed by atoms with van der Waals surface area (Å²) in [5.74, 6) is 0. The third-order valence-corrected chi connectivity index (χ3v) is 2.25. The summed E-state index contributed by atoms with van der Waals surface area (Å²) >= 11 is 0. The molecule has 0 amide bonds. The fraction of sp³-hybridized carbons (Fsp3) is 0.818. The van der Waals surface area contributed by atoms with Gasteiger partial charge in [0.25, 0.3) is 0 Å². The Hall–Kier alpha value is -0.380. The van der Waals surface area contributed by atoms with E-state index in [9.17, 15) is 0 Å². The maximum Gasteiger partial charge on any atom is 0.0672 e. The molecule has 0 saturated carbocycles. The Morgan fingerprint density at radius 2 is 2.21 bits per heavy atom. The van der Waals surface area contributed by atoms with Crippen LogP contribution in [0.25, 0.3) is 0 Å². The highest BCUT2D eigenvalue weighted by molar-refractivity contribution is 4.87. The van der Waals surface area contributed by atoms with Crippen molar-refractivity contribution in [1.82, 2.24) is 5.32 Å². The molecule has 0 bridgehead atoms. The summed E-state index contributed by atoms with van der Waals surface area (Å²) < 4.78 is 10.7. The minimum Gasteiger partial charge on any atom is -0.381 e. The lowest BCUT2D eigenvalue weighted by Gasteiger charge is -2.23. The molecule has 1 aliphatic rings. The van der Waals surface area contributed by atoms with Gasteiger partial charge in [-0.3, -0.25) is 0 Å². The molecule has 1 heterocycles. The molecule has 82 valence electrons. The Bertz CT molecular complexity index is 165. The maximum atomic E-state index is 5.39. The molecular weight excluding hydrogens is 178 g/mol. The van der Waals surface area contributed by atoms with Gasteiger partial charge < -0.3 is 14.8 Å². The quantitative estimate of drug-likeness (QED) is 0.517. The lowest BCUT2D eigenvalue weighted by molar-refractivity contribution is 0.0742. The highest BCUT2D eigenvalue weighted by Gasteiger charge is 2.11. The average molecular weight is 199 g/mol. The summed E-state index contributed by atoms with van der Waals surface area (Å²) in [6, 6.07) is 0.622. The molecule has 0 spiro atoms. The van der Waals surface area contributed by atoms with Gasteiger partial charge >= 0.3 is 0 Å². The van der Waals surface area contributed by atoms with Gasteiger partial charge in [-0.05, 0) is 19.8 Å². The first-order valence-corrected chi connectivity index (χ1v) is 5.32. The Morgan fingerprint density at radius 1 is 1.50 bits per heavy atom. The Morgan fingerprint density at radius 3 is 2.86 bits per heavy atom. The predicted octanol–water partition coefficient (Wildman–Crippen LogP) is 1.35. The molecule has 0 unspecified atom stereocenters. The van der Waals surface area contributed by atoms with Crippen LogP contribution < -0.4 is 5.32 Å². The van der Waals surface area contributed by atoms with Crippen LogP contribution in [0.5, 0.6) is 0 Å². The zero-order valence-electron chi connectivity index (χ0n) is 9.05. The molecule has 3 heteroatoms. The van der Waals surface area contributed by atoms with E-state index in [2.05, 4.69) is 11.9 Å². The van der Waals surface area contributed by atoms with E-state index in [0.717, 1.165) is 44.8 Å². The zero-order chi connectivity index (χ0) is 10.2. The van der Waals surface area contributed by atoms with E-state index >= 15 is 0 Å². The van der Waals surface area contributed by atoms with Crippen molar-refractivity contribution in [2.45, 2.75) is 25.8 Å². The number of nitrogens with one attached hydrogen (secondary N) is 1. The van der Waals surface area contributed by atoms with Crippen molar-refractivity contribution in [1.29, 1.82) is 0 Å². The van der Waals surface area contributed by atoms with E-state index in [1.165, 1.54) is 0 Å². The highest BCUT2D eigenvalue weighted by Crippen LogP contribution is 2.05. The predicted molar refractivity (Wildman–Crippen MR) is 57.5 cm³/mol. The summed E-state index contributed by atoms with van der Waals surface area (Å²) in [7, 11) is 0. The minimum atomic E-state index is 0.622. The van der Waals surface area contributed by atoms with Crippen LogP contribution in [0.2, 0.25) is 0 Å². The maximum absolute atomic E-state index is 5.39. The van der Waals surface area contributed by atoms with Crippen molar-refractivity contribution < 1.29 is 9.47 Å². The molecule has 0 atom stereocenters. The van der Waals surface area contributed by atoms with Crippen LogP contribution >= 0.6 is 0 Å². The van der Waals surface area contributed by atoms with Crippen molar-refractivity contribution in [3.8, 4) is 0 Å². The molecule has 1 saturated heterocycles. The van der Waals surface area contributed by atoms with Crippen molar-refractivity contribution in [3.05, 3.63) is 12.2 Å². The second-order valence-electron chi connectivity index (χ2n) is 3.85. The second kappa shape index (κ2) is 6.98. The summed E-state index contributed by atoms with van der Waals surface area (Å²) in [4.78, 5) is 0. The summed E-state index contributed by atoms with van der Waals surface area (Å²) in [6.07, 6.45) is 2.25. The largest absolute Gasteiger partial charge is 0.381 e. The van der Waals surface area contributed by atoms with E-state index in [-0.39, 0.29) is 0 Å². The highest BCUT2D eigenvalue weighted by atomic mass is 16.5. The Balaban J connectivity index is 1.90. The van der Waals surface area contributed by atoms with Crippen LogP contribution in [-0.2, 0) is 9.47 Å². The summed E-state index contributed by atoms with van der Waals surface area (Å²) in [5.41, 5.74) is 1.08. The van der Waals surface area contributed by atoms with Gasteiger partial charge in [0.1, 0.15) is 0 Å². The van der Waals surface area contributed by atoms with Crippen LogP contribution in [0.15, 0.2) is 12.2 Å². The van der Waals surface area contributed by atoms with Crippen molar-refractivity contribution in [2.24, 2.45) is 0 Å².